The van der Waals surface area contributed by atoms with Gasteiger partial charge in [-0.3, -0.25) is 4.79 Å². The van der Waals surface area contributed by atoms with E-state index >= 15 is 0 Å². The second-order valence-corrected chi connectivity index (χ2v) is 7.17. The molecule has 2 fully saturated rings. The lowest BCUT2D eigenvalue weighted by Crippen LogP contribution is -2.48. The monoisotopic (exact) mass is 349 g/mol. The highest BCUT2D eigenvalue weighted by atomic mass is 35.5. The number of carbonyl (C=O) groups is 2. The molecule has 3 rings (SSSR count). The van der Waals surface area contributed by atoms with E-state index in [1.165, 1.54) is 19.3 Å². The second kappa shape index (κ2) is 7.43. The smallest absolute Gasteiger partial charge is 0.317 e. The molecule has 5 nitrogen and oxygen atoms in total. The van der Waals surface area contributed by atoms with E-state index in [2.05, 4.69) is 5.32 Å². The summed E-state index contributed by atoms with van der Waals surface area (Å²) in [5, 5.41) is 3.66. The Morgan fingerprint density at radius 1 is 1.21 bits per heavy atom. The highest BCUT2D eigenvalue weighted by molar-refractivity contribution is 6.30. The topological polar surface area (TPSA) is 52.7 Å². The molecule has 2 aliphatic rings. The van der Waals surface area contributed by atoms with Crippen molar-refractivity contribution in [3.8, 4) is 0 Å². The first-order chi connectivity index (χ1) is 11.5. The minimum atomic E-state index is -0.147. The second-order valence-electron chi connectivity index (χ2n) is 6.73. The Bertz CT molecular complexity index is 599. The molecule has 0 aromatic heterocycles. The molecule has 0 unspecified atom stereocenters. The number of anilines is 1. The molecule has 0 spiro atoms. The summed E-state index contributed by atoms with van der Waals surface area (Å²) in [6.07, 6.45) is 6.13. The van der Waals surface area contributed by atoms with Gasteiger partial charge in [0.15, 0.2) is 0 Å². The average Bonchev–Trinajstić information content (AvgIpc) is 2.96. The number of urea groups is 1. The third-order valence-electron chi connectivity index (χ3n) is 5.03. The lowest BCUT2D eigenvalue weighted by molar-refractivity contribution is -0.117. The summed E-state index contributed by atoms with van der Waals surface area (Å²) in [5.41, 5.74) is 0.821. The van der Waals surface area contributed by atoms with Gasteiger partial charge in [-0.05, 0) is 37.1 Å². The van der Waals surface area contributed by atoms with Gasteiger partial charge >= 0.3 is 6.03 Å². The molecular weight excluding hydrogens is 326 g/mol. The van der Waals surface area contributed by atoms with E-state index in [0.29, 0.717) is 24.0 Å². The third-order valence-corrected chi connectivity index (χ3v) is 5.29. The van der Waals surface area contributed by atoms with Crippen LogP contribution in [0.25, 0.3) is 0 Å². The van der Waals surface area contributed by atoms with Crippen molar-refractivity contribution >= 4 is 29.2 Å². The van der Waals surface area contributed by atoms with Crippen LogP contribution in [0.5, 0.6) is 0 Å². The SMILES string of the molecule is CN(C(=O)N[C@H]1CC(=O)N(c2ccc(Cl)cc2)C1)C1CCCCC1. The van der Waals surface area contributed by atoms with Crippen LogP contribution in [0.2, 0.25) is 5.02 Å². The summed E-state index contributed by atoms with van der Waals surface area (Å²) in [6.45, 7) is 0.505. The molecule has 1 heterocycles. The van der Waals surface area contributed by atoms with Gasteiger partial charge in [-0.25, -0.2) is 4.79 Å². The van der Waals surface area contributed by atoms with E-state index < -0.39 is 0 Å². The highest BCUT2D eigenvalue weighted by Crippen LogP contribution is 2.24. The molecule has 1 N–H and O–H groups in total. The van der Waals surface area contributed by atoms with Crippen molar-refractivity contribution in [2.45, 2.75) is 50.6 Å². The van der Waals surface area contributed by atoms with Crippen molar-refractivity contribution < 1.29 is 9.59 Å². The van der Waals surface area contributed by atoms with Crippen molar-refractivity contribution in [2.24, 2.45) is 0 Å². The van der Waals surface area contributed by atoms with Gasteiger partial charge in [-0.15, -0.1) is 0 Å². The molecule has 130 valence electrons. The van der Waals surface area contributed by atoms with Crippen molar-refractivity contribution in [1.29, 1.82) is 0 Å². The van der Waals surface area contributed by atoms with Gasteiger partial charge in [0.05, 0.1) is 6.04 Å². The number of nitrogens with one attached hydrogen (secondary N) is 1. The number of rotatable bonds is 3. The van der Waals surface area contributed by atoms with Gasteiger partial charge in [0, 0.05) is 36.8 Å². The van der Waals surface area contributed by atoms with Crippen LogP contribution in [0.3, 0.4) is 0 Å². The van der Waals surface area contributed by atoms with Crippen molar-refractivity contribution in [3.63, 3.8) is 0 Å². The van der Waals surface area contributed by atoms with E-state index in [1.807, 2.05) is 24.1 Å². The molecule has 1 atom stereocenters. The molecule has 6 heteroatoms. The van der Waals surface area contributed by atoms with Gasteiger partial charge in [0.1, 0.15) is 0 Å². The summed E-state index contributed by atoms with van der Waals surface area (Å²) in [4.78, 5) is 28.2. The maximum Gasteiger partial charge on any atom is 0.317 e. The number of benzene rings is 1. The molecule has 1 aliphatic carbocycles. The number of amides is 3. The fraction of sp³-hybridized carbons (Fsp3) is 0.556. The summed E-state index contributed by atoms with van der Waals surface area (Å²) in [5.74, 6) is 0.0305. The Hall–Kier alpha value is -1.75. The number of carbonyl (C=O) groups excluding carboxylic acids is 2. The van der Waals surface area contributed by atoms with Crippen LogP contribution in [0, 0.1) is 0 Å². The van der Waals surface area contributed by atoms with E-state index in [4.69, 9.17) is 11.6 Å². The average molecular weight is 350 g/mol. The van der Waals surface area contributed by atoms with Gasteiger partial charge < -0.3 is 15.1 Å². The Kier molecular flexibility index (Phi) is 5.29. The van der Waals surface area contributed by atoms with Crippen LogP contribution in [-0.4, -0.2) is 42.5 Å². The van der Waals surface area contributed by atoms with Crippen LogP contribution >= 0.6 is 11.6 Å². The largest absolute Gasteiger partial charge is 0.333 e. The fourth-order valence-corrected chi connectivity index (χ4v) is 3.71. The van der Waals surface area contributed by atoms with Gasteiger partial charge in [0.25, 0.3) is 0 Å². The molecule has 0 radical (unpaired) electrons. The van der Waals surface area contributed by atoms with Crippen LogP contribution in [0.15, 0.2) is 24.3 Å². The lowest BCUT2D eigenvalue weighted by Gasteiger charge is -2.32. The van der Waals surface area contributed by atoms with Gasteiger partial charge in [-0.1, -0.05) is 30.9 Å². The molecule has 1 aromatic rings. The van der Waals surface area contributed by atoms with Gasteiger partial charge in [-0.2, -0.15) is 0 Å². The van der Waals surface area contributed by atoms with Crippen molar-refractivity contribution in [1.82, 2.24) is 10.2 Å². The Labute approximate surface area is 147 Å². The van der Waals surface area contributed by atoms with Crippen molar-refractivity contribution in [2.75, 3.05) is 18.5 Å². The first kappa shape index (κ1) is 17.1. The summed E-state index contributed by atoms with van der Waals surface area (Å²) in [6, 6.07) is 7.31. The zero-order chi connectivity index (χ0) is 17.1. The van der Waals surface area contributed by atoms with Crippen LogP contribution in [0.4, 0.5) is 10.5 Å². The van der Waals surface area contributed by atoms with Gasteiger partial charge in [0.2, 0.25) is 5.91 Å². The van der Waals surface area contributed by atoms with E-state index in [-0.39, 0.29) is 18.0 Å². The molecule has 0 bridgehead atoms. The van der Waals surface area contributed by atoms with E-state index in [0.717, 1.165) is 18.5 Å². The number of nitrogens with zero attached hydrogens (tertiary/aromatic N) is 2. The molecular formula is C18H24ClN3O2. The molecule has 1 saturated heterocycles. The maximum atomic E-state index is 12.5. The summed E-state index contributed by atoms with van der Waals surface area (Å²) >= 11 is 5.89. The highest BCUT2D eigenvalue weighted by Gasteiger charge is 2.33. The Balaban J connectivity index is 1.57. The molecule has 1 aromatic carbocycles. The predicted molar refractivity (Wildman–Crippen MR) is 95.4 cm³/mol. The minimum absolute atomic E-state index is 0.0305. The standard InChI is InChI=1S/C18H24ClN3O2/c1-21(15-5-3-2-4-6-15)18(24)20-14-11-17(23)22(12-14)16-9-7-13(19)8-10-16/h7-10,14-15H,2-6,11-12H2,1H3,(H,20,24)/t14-/m0/s1. The molecule has 1 saturated carbocycles. The van der Waals surface area contributed by atoms with Crippen LogP contribution in [-0.2, 0) is 4.79 Å². The quantitative estimate of drug-likeness (QED) is 0.909. The molecule has 1 aliphatic heterocycles. The molecule has 24 heavy (non-hydrogen) atoms. The number of hydrogen-bond donors (Lipinski definition) is 1. The van der Waals surface area contributed by atoms with Crippen LogP contribution in [0.1, 0.15) is 38.5 Å². The third kappa shape index (κ3) is 3.83. The first-order valence-electron chi connectivity index (χ1n) is 8.64. The first-order valence-corrected chi connectivity index (χ1v) is 9.01. The lowest BCUT2D eigenvalue weighted by atomic mass is 9.95. The number of hydrogen-bond acceptors (Lipinski definition) is 2. The maximum absolute atomic E-state index is 12.5. The fourth-order valence-electron chi connectivity index (χ4n) is 3.59. The zero-order valence-corrected chi connectivity index (χ0v) is 14.8. The molecule has 3 amide bonds. The Morgan fingerprint density at radius 3 is 2.54 bits per heavy atom. The summed E-state index contributed by atoms with van der Waals surface area (Å²) < 4.78 is 0. The van der Waals surface area contributed by atoms with Crippen molar-refractivity contribution in [3.05, 3.63) is 29.3 Å². The Morgan fingerprint density at radius 2 is 1.88 bits per heavy atom. The minimum Gasteiger partial charge on any atom is -0.333 e. The van der Waals surface area contributed by atoms with E-state index in [9.17, 15) is 9.59 Å². The number of halogens is 1. The zero-order valence-electron chi connectivity index (χ0n) is 14.0. The predicted octanol–water partition coefficient (Wildman–Crippen LogP) is 3.42. The van der Waals surface area contributed by atoms with E-state index in [1.54, 1.807) is 17.0 Å². The summed E-state index contributed by atoms with van der Waals surface area (Å²) in [7, 11) is 1.86. The van der Waals surface area contributed by atoms with Crippen LogP contribution < -0.4 is 10.2 Å². The normalized spacial score (nSPS) is 21.8.